The van der Waals surface area contributed by atoms with Crippen LogP contribution in [0.25, 0.3) is 6.08 Å². The van der Waals surface area contributed by atoms with E-state index in [4.69, 9.17) is 11.6 Å². The molecule has 0 aliphatic heterocycles. The SMILES string of the molecule is Cc1cc(Cl)cc(C(/C=C/c2ccc(CNC(=O)CC(F)(F)F)c(C)c2)C(F)(F)F)c1. The number of carbonyl (C=O) groups excluding carboxylic acids is 1. The first-order valence-electron chi connectivity index (χ1n) is 9.19. The molecule has 0 bridgehead atoms. The second-order valence-corrected chi connectivity index (χ2v) is 7.63. The fraction of sp³-hybridized carbons (Fsp3) is 0.318. The van der Waals surface area contributed by atoms with Crippen LogP contribution in [0, 0.1) is 13.8 Å². The second-order valence-electron chi connectivity index (χ2n) is 7.19. The van der Waals surface area contributed by atoms with Gasteiger partial charge in [-0.1, -0.05) is 48.0 Å². The molecule has 0 heterocycles. The minimum absolute atomic E-state index is 0.0227. The number of halogens is 7. The van der Waals surface area contributed by atoms with Gasteiger partial charge in [0.05, 0.1) is 5.92 Å². The van der Waals surface area contributed by atoms with Crippen molar-refractivity contribution in [3.05, 3.63) is 75.3 Å². The van der Waals surface area contributed by atoms with Crippen molar-refractivity contribution in [2.75, 3.05) is 0 Å². The van der Waals surface area contributed by atoms with Crippen molar-refractivity contribution in [3.63, 3.8) is 0 Å². The number of carbonyl (C=O) groups is 1. The third-order valence-electron chi connectivity index (χ3n) is 4.46. The number of alkyl halides is 6. The Bertz CT molecular complexity index is 945. The predicted molar refractivity (Wildman–Crippen MR) is 108 cm³/mol. The highest BCUT2D eigenvalue weighted by atomic mass is 35.5. The van der Waals surface area contributed by atoms with Gasteiger partial charge in [-0.05, 0) is 53.8 Å². The van der Waals surface area contributed by atoms with Gasteiger partial charge in [0.1, 0.15) is 6.42 Å². The lowest BCUT2D eigenvalue weighted by Crippen LogP contribution is -2.28. The highest BCUT2D eigenvalue weighted by Gasteiger charge is 2.39. The summed E-state index contributed by atoms with van der Waals surface area (Å²) in [7, 11) is 0. The molecule has 1 N–H and O–H groups in total. The van der Waals surface area contributed by atoms with E-state index in [2.05, 4.69) is 5.32 Å². The lowest BCUT2D eigenvalue weighted by Gasteiger charge is -2.18. The van der Waals surface area contributed by atoms with Crippen LogP contribution in [0.1, 0.15) is 40.2 Å². The van der Waals surface area contributed by atoms with E-state index in [0.29, 0.717) is 22.3 Å². The highest BCUT2D eigenvalue weighted by Crippen LogP contribution is 2.37. The number of nitrogens with one attached hydrogen (secondary N) is 1. The molecule has 2 aromatic rings. The van der Waals surface area contributed by atoms with Crippen LogP contribution in [-0.2, 0) is 11.3 Å². The Morgan fingerprint density at radius 2 is 1.74 bits per heavy atom. The molecule has 0 aliphatic rings. The van der Waals surface area contributed by atoms with Crippen LogP contribution in [0.5, 0.6) is 0 Å². The molecule has 0 aliphatic carbocycles. The van der Waals surface area contributed by atoms with Gasteiger partial charge in [-0.25, -0.2) is 0 Å². The molecular weight excluding hydrogens is 444 g/mol. The number of allylic oxidation sites excluding steroid dienone is 1. The predicted octanol–water partition coefficient (Wildman–Crippen LogP) is 6.88. The van der Waals surface area contributed by atoms with Gasteiger partial charge in [0.2, 0.25) is 5.91 Å². The Kier molecular flexibility index (Phi) is 7.81. The molecule has 0 aromatic heterocycles. The summed E-state index contributed by atoms with van der Waals surface area (Å²) in [5.41, 5.74) is 2.30. The molecule has 1 atom stereocenters. The van der Waals surface area contributed by atoms with E-state index in [9.17, 15) is 31.1 Å². The molecule has 0 saturated heterocycles. The summed E-state index contributed by atoms with van der Waals surface area (Å²) in [6.45, 7) is 3.20. The molecule has 0 fully saturated rings. The van der Waals surface area contributed by atoms with E-state index in [1.165, 1.54) is 24.3 Å². The smallest absolute Gasteiger partial charge is 0.352 e. The van der Waals surface area contributed by atoms with E-state index in [1.54, 1.807) is 32.0 Å². The Morgan fingerprint density at radius 1 is 1.06 bits per heavy atom. The van der Waals surface area contributed by atoms with Crippen LogP contribution < -0.4 is 5.32 Å². The fourth-order valence-corrected chi connectivity index (χ4v) is 3.32. The summed E-state index contributed by atoms with van der Waals surface area (Å²) in [5.74, 6) is -3.01. The van der Waals surface area contributed by atoms with Crippen molar-refractivity contribution in [2.24, 2.45) is 0 Å². The van der Waals surface area contributed by atoms with Crippen LogP contribution in [0.15, 0.2) is 42.5 Å². The zero-order chi connectivity index (χ0) is 23.4. The third kappa shape index (κ3) is 7.94. The number of rotatable bonds is 6. The van der Waals surface area contributed by atoms with Crippen LogP contribution in [-0.4, -0.2) is 18.3 Å². The van der Waals surface area contributed by atoms with Crippen LogP contribution >= 0.6 is 11.6 Å². The maximum Gasteiger partial charge on any atom is 0.399 e. The average molecular weight is 464 g/mol. The number of hydrogen-bond acceptors (Lipinski definition) is 1. The molecule has 1 unspecified atom stereocenters. The number of hydrogen-bond donors (Lipinski definition) is 1. The normalized spacial score (nSPS) is 13.5. The lowest BCUT2D eigenvalue weighted by molar-refractivity contribution is -0.153. The molecule has 2 aromatic carbocycles. The van der Waals surface area contributed by atoms with Gasteiger partial charge in [-0.2, -0.15) is 26.3 Å². The number of aryl methyl sites for hydroxylation is 2. The Balaban J connectivity index is 2.17. The Hall–Kier alpha value is -2.48. The summed E-state index contributed by atoms with van der Waals surface area (Å²) in [4.78, 5) is 11.3. The van der Waals surface area contributed by atoms with Gasteiger partial charge >= 0.3 is 12.4 Å². The van der Waals surface area contributed by atoms with Gasteiger partial charge in [0.15, 0.2) is 0 Å². The minimum Gasteiger partial charge on any atom is -0.352 e. The topological polar surface area (TPSA) is 29.1 Å². The third-order valence-corrected chi connectivity index (χ3v) is 4.68. The van der Waals surface area contributed by atoms with Crippen molar-refractivity contribution in [3.8, 4) is 0 Å². The molecule has 31 heavy (non-hydrogen) atoms. The second kappa shape index (κ2) is 9.77. The standard InChI is InChI=1S/C22H20ClF6NO/c1-13-7-17(10-18(23)8-13)19(22(27,28)29)6-4-15-3-5-16(14(2)9-15)12-30-20(31)11-21(24,25)26/h3-10,19H,11-12H2,1-2H3,(H,30,31)/b6-4+. The maximum absolute atomic E-state index is 13.6. The molecule has 9 heteroatoms. The van der Waals surface area contributed by atoms with Gasteiger partial charge < -0.3 is 5.32 Å². The summed E-state index contributed by atoms with van der Waals surface area (Å²) < 4.78 is 77.4. The quantitative estimate of drug-likeness (QED) is 0.465. The molecular formula is C22H20ClF6NO. The zero-order valence-electron chi connectivity index (χ0n) is 16.7. The molecule has 168 valence electrons. The number of benzene rings is 2. The molecule has 2 rings (SSSR count). The average Bonchev–Trinajstić information content (AvgIpc) is 2.57. The summed E-state index contributed by atoms with van der Waals surface area (Å²) in [6, 6.07) is 8.94. The highest BCUT2D eigenvalue weighted by molar-refractivity contribution is 6.30. The van der Waals surface area contributed by atoms with E-state index < -0.39 is 30.6 Å². The monoisotopic (exact) mass is 463 g/mol. The summed E-state index contributed by atoms with van der Waals surface area (Å²) in [6.07, 6.45) is -8.33. The van der Waals surface area contributed by atoms with Crippen LogP contribution in [0.2, 0.25) is 5.02 Å². The van der Waals surface area contributed by atoms with Crippen molar-refractivity contribution in [1.82, 2.24) is 5.32 Å². The van der Waals surface area contributed by atoms with Gasteiger partial charge in [-0.15, -0.1) is 0 Å². The zero-order valence-corrected chi connectivity index (χ0v) is 17.4. The lowest BCUT2D eigenvalue weighted by atomic mass is 9.95. The van der Waals surface area contributed by atoms with Crippen molar-refractivity contribution in [1.29, 1.82) is 0 Å². The van der Waals surface area contributed by atoms with Gasteiger partial charge in [0, 0.05) is 11.6 Å². The first-order valence-corrected chi connectivity index (χ1v) is 9.57. The van der Waals surface area contributed by atoms with Gasteiger partial charge in [0.25, 0.3) is 0 Å². The van der Waals surface area contributed by atoms with E-state index in [0.717, 1.165) is 6.08 Å². The van der Waals surface area contributed by atoms with Crippen molar-refractivity contribution >= 4 is 23.6 Å². The Morgan fingerprint density at radius 3 is 2.29 bits per heavy atom. The fourth-order valence-electron chi connectivity index (χ4n) is 3.02. The molecule has 0 saturated carbocycles. The van der Waals surface area contributed by atoms with E-state index >= 15 is 0 Å². The summed E-state index contributed by atoms with van der Waals surface area (Å²) >= 11 is 5.90. The minimum atomic E-state index is -4.59. The molecule has 0 spiro atoms. The molecule has 2 nitrogen and oxygen atoms in total. The van der Waals surface area contributed by atoms with E-state index in [-0.39, 0.29) is 17.1 Å². The van der Waals surface area contributed by atoms with Crippen LogP contribution in [0.3, 0.4) is 0 Å². The maximum atomic E-state index is 13.6. The van der Waals surface area contributed by atoms with E-state index in [1.807, 2.05) is 0 Å². The Labute approximate surface area is 180 Å². The first-order chi connectivity index (χ1) is 14.2. The largest absolute Gasteiger partial charge is 0.399 e. The summed E-state index contributed by atoms with van der Waals surface area (Å²) in [5, 5.41) is 2.39. The van der Waals surface area contributed by atoms with Crippen molar-refractivity contribution < 1.29 is 31.1 Å². The van der Waals surface area contributed by atoms with Crippen molar-refractivity contribution in [2.45, 2.75) is 45.1 Å². The first kappa shape index (κ1) is 24.8. The van der Waals surface area contributed by atoms with Crippen LogP contribution in [0.4, 0.5) is 26.3 Å². The van der Waals surface area contributed by atoms with Gasteiger partial charge in [-0.3, -0.25) is 4.79 Å². The molecule has 0 radical (unpaired) electrons. The molecule has 1 amide bonds. The number of amides is 1.